The van der Waals surface area contributed by atoms with Gasteiger partial charge in [-0.25, -0.2) is 18.2 Å². The summed E-state index contributed by atoms with van der Waals surface area (Å²) in [4.78, 5) is 15.8. The molecule has 0 spiro atoms. The second kappa shape index (κ2) is 8.46. The fourth-order valence-electron chi connectivity index (χ4n) is 3.57. The van der Waals surface area contributed by atoms with E-state index in [9.17, 15) is 13.2 Å². The Morgan fingerprint density at radius 2 is 1.81 bits per heavy atom. The van der Waals surface area contributed by atoms with Crippen molar-refractivity contribution in [1.29, 1.82) is 0 Å². The third kappa shape index (κ3) is 3.96. The molecule has 32 heavy (non-hydrogen) atoms. The molecule has 0 radical (unpaired) electrons. The fourth-order valence-corrected chi connectivity index (χ4v) is 3.57. The first-order chi connectivity index (χ1) is 15.6. The number of aromatic nitrogens is 4. The van der Waals surface area contributed by atoms with Crippen LogP contribution in [0.25, 0.3) is 16.9 Å². The van der Waals surface area contributed by atoms with E-state index in [0.29, 0.717) is 60.5 Å². The Bertz CT molecular complexity index is 1270. The van der Waals surface area contributed by atoms with Crippen molar-refractivity contribution in [3.8, 4) is 5.69 Å². The Labute approximate surface area is 181 Å². The van der Waals surface area contributed by atoms with Crippen LogP contribution in [0.5, 0.6) is 0 Å². The Morgan fingerprint density at radius 1 is 0.969 bits per heavy atom. The number of halogens is 3. The number of morpholine rings is 1. The maximum atomic E-state index is 13.8. The lowest BCUT2D eigenvalue weighted by atomic mass is 10.2. The Morgan fingerprint density at radius 3 is 2.59 bits per heavy atom. The molecule has 1 aliphatic rings. The number of hydrogen-bond donors (Lipinski definition) is 1. The predicted molar refractivity (Wildman–Crippen MR) is 113 cm³/mol. The van der Waals surface area contributed by atoms with E-state index < -0.39 is 11.6 Å². The van der Waals surface area contributed by atoms with Crippen LogP contribution in [0.15, 0.2) is 48.8 Å². The van der Waals surface area contributed by atoms with Gasteiger partial charge in [-0.15, -0.1) is 0 Å². The number of ether oxygens (including phenoxy) is 1. The molecule has 3 heterocycles. The predicted octanol–water partition coefficient (Wildman–Crippen LogP) is 3.68. The number of fused-ring (bicyclic) bond motifs is 1. The van der Waals surface area contributed by atoms with Gasteiger partial charge < -0.3 is 15.0 Å². The maximum absolute atomic E-state index is 13.8. The van der Waals surface area contributed by atoms with Crippen molar-refractivity contribution in [2.75, 3.05) is 36.5 Å². The first-order valence-corrected chi connectivity index (χ1v) is 10.1. The normalized spacial score (nSPS) is 14.2. The number of rotatable bonds is 5. The SMILES string of the molecule is Fc1cccc(-n2cnc3c(NCc4ccc(F)c(F)c4)nc(N4CCOCC4)nc32)c1. The molecule has 7 nitrogen and oxygen atoms in total. The van der Waals surface area contributed by atoms with Gasteiger partial charge in [0.05, 0.1) is 18.9 Å². The van der Waals surface area contributed by atoms with Gasteiger partial charge in [-0.05, 0) is 35.9 Å². The fraction of sp³-hybridized carbons (Fsp3) is 0.227. The van der Waals surface area contributed by atoms with Crippen molar-refractivity contribution >= 4 is 22.9 Å². The quantitative estimate of drug-likeness (QED) is 0.511. The van der Waals surface area contributed by atoms with Gasteiger partial charge in [-0.2, -0.15) is 9.97 Å². The molecule has 0 aliphatic carbocycles. The third-order valence-electron chi connectivity index (χ3n) is 5.21. The molecule has 1 aliphatic heterocycles. The lowest BCUT2D eigenvalue weighted by Gasteiger charge is -2.27. The number of nitrogens with one attached hydrogen (secondary N) is 1. The van der Waals surface area contributed by atoms with Crippen molar-refractivity contribution in [2.45, 2.75) is 6.54 Å². The summed E-state index contributed by atoms with van der Waals surface area (Å²) in [6.45, 7) is 2.58. The lowest BCUT2D eigenvalue weighted by Crippen LogP contribution is -2.37. The summed E-state index contributed by atoms with van der Waals surface area (Å²) in [5.74, 6) is -1.27. The van der Waals surface area contributed by atoms with Crippen LogP contribution in [0.1, 0.15) is 5.56 Å². The number of benzene rings is 2. The molecule has 2 aromatic carbocycles. The average molecular weight is 440 g/mol. The largest absolute Gasteiger partial charge is 0.378 e. The Hall–Kier alpha value is -3.66. The van der Waals surface area contributed by atoms with Crippen molar-refractivity contribution in [3.05, 3.63) is 71.8 Å². The molecular weight excluding hydrogens is 421 g/mol. The van der Waals surface area contributed by atoms with Crippen LogP contribution in [0.3, 0.4) is 0 Å². The van der Waals surface area contributed by atoms with Crippen LogP contribution in [0.2, 0.25) is 0 Å². The van der Waals surface area contributed by atoms with Gasteiger partial charge in [0.2, 0.25) is 5.95 Å². The summed E-state index contributed by atoms with van der Waals surface area (Å²) in [6.07, 6.45) is 1.56. The smallest absolute Gasteiger partial charge is 0.229 e. The van der Waals surface area contributed by atoms with Crippen molar-refractivity contribution < 1.29 is 17.9 Å². The van der Waals surface area contributed by atoms with E-state index in [-0.39, 0.29) is 12.4 Å². The molecule has 1 fully saturated rings. The minimum atomic E-state index is -0.915. The zero-order valence-corrected chi connectivity index (χ0v) is 16.9. The molecule has 2 aromatic heterocycles. The van der Waals surface area contributed by atoms with E-state index >= 15 is 0 Å². The molecule has 1 saturated heterocycles. The molecule has 0 amide bonds. The van der Waals surface area contributed by atoms with Crippen LogP contribution >= 0.6 is 0 Å². The zero-order valence-electron chi connectivity index (χ0n) is 16.9. The van der Waals surface area contributed by atoms with Gasteiger partial charge in [0.25, 0.3) is 0 Å². The monoisotopic (exact) mass is 440 g/mol. The van der Waals surface area contributed by atoms with Gasteiger partial charge in [0.15, 0.2) is 28.6 Å². The standard InChI is InChI=1S/C22H19F3N6O/c23-15-2-1-3-16(11-15)31-13-27-19-20(26-12-14-4-5-17(24)18(25)10-14)28-22(29-21(19)31)30-6-8-32-9-7-30/h1-5,10-11,13H,6-9,12H2,(H,26,28,29). The van der Waals surface area contributed by atoms with Gasteiger partial charge in [0, 0.05) is 19.6 Å². The number of anilines is 2. The van der Waals surface area contributed by atoms with Crippen LogP contribution in [-0.2, 0) is 11.3 Å². The summed E-state index contributed by atoms with van der Waals surface area (Å²) in [5.41, 5.74) is 2.10. The van der Waals surface area contributed by atoms with Gasteiger partial charge in [0.1, 0.15) is 12.1 Å². The second-order valence-electron chi connectivity index (χ2n) is 7.34. The number of imidazole rings is 1. The maximum Gasteiger partial charge on any atom is 0.229 e. The molecule has 0 atom stereocenters. The highest BCUT2D eigenvalue weighted by atomic mass is 19.2. The van der Waals surface area contributed by atoms with E-state index in [1.54, 1.807) is 23.0 Å². The Balaban J connectivity index is 1.56. The molecule has 0 bridgehead atoms. The number of nitrogens with zero attached hydrogens (tertiary/aromatic N) is 5. The topological polar surface area (TPSA) is 68.1 Å². The third-order valence-corrected chi connectivity index (χ3v) is 5.21. The highest BCUT2D eigenvalue weighted by Gasteiger charge is 2.20. The molecule has 4 aromatic rings. The van der Waals surface area contributed by atoms with E-state index in [2.05, 4.69) is 15.3 Å². The van der Waals surface area contributed by atoms with Gasteiger partial charge in [-0.3, -0.25) is 4.57 Å². The van der Waals surface area contributed by atoms with Crippen LogP contribution in [-0.4, -0.2) is 45.8 Å². The highest BCUT2D eigenvalue weighted by Crippen LogP contribution is 2.26. The molecule has 10 heteroatoms. The minimum absolute atomic E-state index is 0.207. The van der Waals surface area contributed by atoms with Gasteiger partial charge in [-0.1, -0.05) is 12.1 Å². The van der Waals surface area contributed by atoms with E-state index in [1.807, 2.05) is 4.90 Å². The van der Waals surface area contributed by atoms with Crippen molar-refractivity contribution in [1.82, 2.24) is 19.5 Å². The molecule has 0 saturated carbocycles. The van der Waals surface area contributed by atoms with Gasteiger partial charge >= 0.3 is 0 Å². The zero-order chi connectivity index (χ0) is 22.1. The first-order valence-electron chi connectivity index (χ1n) is 10.1. The van der Waals surface area contributed by atoms with Crippen LogP contribution in [0.4, 0.5) is 24.9 Å². The molecular formula is C22H19F3N6O. The van der Waals surface area contributed by atoms with Crippen molar-refractivity contribution in [2.24, 2.45) is 0 Å². The summed E-state index contributed by atoms with van der Waals surface area (Å²) in [5, 5.41) is 3.16. The summed E-state index contributed by atoms with van der Waals surface area (Å²) in [7, 11) is 0. The Kier molecular flexibility index (Phi) is 5.36. The first kappa shape index (κ1) is 20.3. The van der Waals surface area contributed by atoms with E-state index in [1.165, 1.54) is 18.2 Å². The van der Waals surface area contributed by atoms with E-state index in [4.69, 9.17) is 9.72 Å². The van der Waals surface area contributed by atoms with E-state index in [0.717, 1.165) is 12.1 Å². The molecule has 0 unspecified atom stereocenters. The number of hydrogen-bond acceptors (Lipinski definition) is 6. The molecule has 164 valence electrons. The molecule has 5 rings (SSSR count). The highest BCUT2D eigenvalue weighted by molar-refractivity contribution is 5.85. The summed E-state index contributed by atoms with van der Waals surface area (Å²) >= 11 is 0. The average Bonchev–Trinajstić information content (AvgIpc) is 3.24. The van der Waals surface area contributed by atoms with Crippen molar-refractivity contribution in [3.63, 3.8) is 0 Å². The summed E-state index contributed by atoms with van der Waals surface area (Å²) < 4.78 is 47.8. The minimum Gasteiger partial charge on any atom is -0.378 e. The van der Waals surface area contributed by atoms with Crippen LogP contribution in [0, 0.1) is 17.5 Å². The second-order valence-corrected chi connectivity index (χ2v) is 7.34. The lowest BCUT2D eigenvalue weighted by molar-refractivity contribution is 0.122. The van der Waals surface area contributed by atoms with Crippen LogP contribution < -0.4 is 10.2 Å². The molecule has 1 N–H and O–H groups in total. The summed E-state index contributed by atoms with van der Waals surface area (Å²) in [6, 6.07) is 9.85.